The normalized spacial score (nSPS) is 11.8. The summed E-state index contributed by atoms with van der Waals surface area (Å²) in [6.45, 7) is 6.49. The van der Waals surface area contributed by atoms with Crippen molar-refractivity contribution < 1.29 is 22.7 Å². The van der Waals surface area contributed by atoms with E-state index in [2.05, 4.69) is 0 Å². The molecule has 0 aliphatic heterocycles. The second kappa shape index (κ2) is 10.2. The molecule has 0 saturated heterocycles. The Bertz CT molecular complexity index is 961. The van der Waals surface area contributed by atoms with Crippen molar-refractivity contribution >= 4 is 22.1 Å². The van der Waals surface area contributed by atoms with Crippen molar-refractivity contribution in [2.45, 2.75) is 32.3 Å². The number of carbonyl (C=O) groups excluding carboxylic acids is 1. The Labute approximate surface area is 172 Å². The first-order valence-corrected chi connectivity index (χ1v) is 10.8. The van der Waals surface area contributed by atoms with Crippen LogP contribution in [0.5, 0.6) is 5.75 Å². The SMILES string of the molecule is CCN(CC)S(=O)(=O)c1ccc(/C=C/C(=O)OCc2cc(C)ccc2OC)cc1. The lowest BCUT2D eigenvalue weighted by molar-refractivity contribution is -0.138. The first-order chi connectivity index (χ1) is 13.8. The summed E-state index contributed by atoms with van der Waals surface area (Å²) in [5.41, 5.74) is 2.54. The molecule has 0 aliphatic carbocycles. The lowest BCUT2D eigenvalue weighted by Crippen LogP contribution is -2.30. The first-order valence-electron chi connectivity index (χ1n) is 9.40. The average Bonchev–Trinajstić information content (AvgIpc) is 2.71. The fourth-order valence-electron chi connectivity index (χ4n) is 2.84. The van der Waals surface area contributed by atoms with Crippen molar-refractivity contribution in [2.75, 3.05) is 20.2 Å². The van der Waals surface area contributed by atoms with Crippen LogP contribution in [0.25, 0.3) is 6.08 Å². The van der Waals surface area contributed by atoms with Gasteiger partial charge in [0, 0.05) is 24.7 Å². The molecule has 29 heavy (non-hydrogen) atoms. The van der Waals surface area contributed by atoms with E-state index in [0.717, 1.165) is 11.1 Å². The highest BCUT2D eigenvalue weighted by Crippen LogP contribution is 2.21. The average molecular weight is 418 g/mol. The maximum absolute atomic E-state index is 12.5. The minimum absolute atomic E-state index is 0.106. The van der Waals surface area contributed by atoms with Crippen LogP contribution in [0.4, 0.5) is 0 Å². The van der Waals surface area contributed by atoms with E-state index in [4.69, 9.17) is 9.47 Å². The molecule has 0 fully saturated rings. The van der Waals surface area contributed by atoms with Crippen LogP contribution >= 0.6 is 0 Å². The summed E-state index contributed by atoms with van der Waals surface area (Å²) in [6, 6.07) is 12.1. The quantitative estimate of drug-likeness (QED) is 0.458. The molecule has 0 N–H and O–H groups in total. The molecule has 0 radical (unpaired) electrons. The second-order valence-corrected chi connectivity index (χ2v) is 8.35. The Morgan fingerprint density at radius 1 is 1.07 bits per heavy atom. The van der Waals surface area contributed by atoms with E-state index in [1.54, 1.807) is 39.2 Å². The molecule has 2 aromatic rings. The summed E-state index contributed by atoms with van der Waals surface area (Å²) < 4.78 is 36.9. The molecule has 0 unspecified atom stereocenters. The van der Waals surface area contributed by atoms with Crippen molar-refractivity contribution in [1.29, 1.82) is 0 Å². The fourth-order valence-corrected chi connectivity index (χ4v) is 4.30. The van der Waals surface area contributed by atoms with Crippen LogP contribution in [0.3, 0.4) is 0 Å². The predicted molar refractivity (Wildman–Crippen MR) is 113 cm³/mol. The van der Waals surface area contributed by atoms with Gasteiger partial charge >= 0.3 is 5.97 Å². The van der Waals surface area contributed by atoms with Crippen LogP contribution in [-0.4, -0.2) is 38.9 Å². The van der Waals surface area contributed by atoms with Gasteiger partial charge in [-0.25, -0.2) is 13.2 Å². The van der Waals surface area contributed by atoms with Crippen molar-refractivity contribution in [1.82, 2.24) is 4.31 Å². The van der Waals surface area contributed by atoms with E-state index >= 15 is 0 Å². The molecule has 0 amide bonds. The number of nitrogens with zero attached hydrogens (tertiary/aromatic N) is 1. The molecule has 0 saturated carbocycles. The highest BCUT2D eigenvalue weighted by molar-refractivity contribution is 7.89. The summed E-state index contributed by atoms with van der Waals surface area (Å²) >= 11 is 0. The number of rotatable bonds is 9. The van der Waals surface area contributed by atoms with Gasteiger partial charge in [-0.1, -0.05) is 37.6 Å². The highest BCUT2D eigenvalue weighted by Gasteiger charge is 2.20. The van der Waals surface area contributed by atoms with Gasteiger partial charge in [0.05, 0.1) is 12.0 Å². The molecule has 7 heteroatoms. The van der Waals surface area contributed by atoms with Gasteiger partial charge in [-0.2, -0.15) is 4.31 Å². The lowest BCUT2D eigenvalue weighted by atomic mass is 10.1. The van der Waals surface area contributed by atoms with E-state index in [1.807, 2.05) is 25.1 Å². The summed E-state index contributed by atoms with van der Waals surface area (Å²) in [4.78, 5) is 12.2. The Kier molecular flexibility index (Phi) is 7.99. The monoisotopic (exact) mass is 417 g/mol. The van der Waals surface area contributed by atoms with Crippen molar-refractivity contribution in [3.63, 3.8) is 0 Å². The lowest BCUT2D eigenvalue weighted by Gasteiger charge is -2.18. The largest absolute Gasteiger partial charge is 0.496 e. The van der Waals surface area contributed by atoms with E-state index in [9.17, 15) is 13.2 Å². The third kappa shape index (κ3) is 5.92. The summed E-state index contributed by atoms with van der Waals surface area (Å²) in [6.07, 6.45) is 2.90. The van der Waals surface area contributed by atoms with E-state index in [1.165, 1.54) is 22.5 Å². The number of carbonyl (C=O) groups is 1. The smallest absolute Gasteiger partial charge is 0.331 e. The van der Waals surface area contributed by atoms with Gasteiger partial charge in [0.25, 0.3) is 0 Å². The van der Waals surface area contributed by atoms with E-state index in [0.29, 0.717) is 24.4 Å². The second-order valence-electron chi connectivity index (χ2n) is 6.41. The molecule has 0 spiro atoms. The molecule has 2 rings (SSSR count). The summed E-state index contributed by atoms with van der Waals surface area (Å²) in [5, 5.41) is 0. The maximum Gasteiger partial charge on any atom is 0.331 e. The standard InChI is InChI=1S/C22H27NO5S/c1-5-23(6-2)29(25,26)20-11-8-18(9-12-20)10-14-22(24)28-16-19-15-17(3)7-13-21(19)27-4/h7-15H,5-6,16H2,1-4H3/b14-10+. The summed E-state index contributed by atoms with van der Waals surface area (Å²) in [5.74, 6) is 0.172. The number of aryl methyl sites for hydroxylation is 1. The van der Waals surface area contributed by atoms with Crippen molar-refractivity contribution in [2.24, 2.45) is 0 Å². The Hall–Kier alpha value is -2.64. The van der Waals surface area contributed by atoms with Crippen LogP contribution in [0.15, 0.2) is 53.4 Å². The Morgan fingerprint density at radius 2 is 1.72 bits per heavy atom. The van der Waals surface area contributed by atoms with Gasteiger partial charge in [0.15, 0.2) is 0 Å². The third-order valence-electron chi connectivity index (χ3n) is 4.44. The number of benzene rings is 2. The van der Waals surface area contributed by atoms with Crippen LogP contribution in [-0.2, 0) is 26.2 Å². The number of ether oxygens (including phenoxy) is 2. The Morgan fingerprint density at radius 3 is 2.31 bits per heavy atom. The van der Waals surface area contributed by atoms with Crippen LogP contribution in [0.1, 0.15) is 30.5 Å². The van der Waals surface area contributed by atoms with Crippen molar-refractivity contribution in [3.8, 4) is 5.75 Å². The molecular formula is C22H27NO5S. The number of esters is 1. The number of hydrogen-bond donors (Lipinski definition) is 0. The molecule has 6 nitrogen and oxygen atoms in total. The first kappa shape index (κ1) is 22.6. The molecule has 0 bridgehead atoms. The molecule has 156 valence electrons. The van der Waals surface area contributed by atoms with E-state index < -0.39 is 16.0 Å². The zero-order valence-electron chi connectivity index (χ0n) is 17.2. The molecule has 0 atom stereocenters. The van der Waals surface area contributed by atoms with Crippen LogP contribution in [0.2, 0.25) is 0 Å². The zero-order chi connectivity index (χ0) is 21.4. The van der Waals surface area contributed by atoms with Gasteiger partial charge in [-0.3, -0.25) is 0 Å². The zero-order valence-corrected chi connectivity index (χ0v) is 18.0. The predicted octanol–water partition coefficient (Wildman–Crippen LogP) is 3.79. The number of hydrogen-bond acceptors (Lipinski definition) is 5. The Balaban J connectivity index is 2.01. The minimum atomic E-state index is -3.49. The molecule has 0 aromatic heterocycles. The topological polar surface area (TPSA) is 72.9 Å². The summed E-state index contributed by atoms with van der Waals surface area (Å²) in [7, 11) is -1.92. The third-order valence-corrected chi connectivity index (χ3v) is 6.51. The van der Waals surface area contributed by atoms with Gasteiger partial charge in [0.1, 0.15) is 12.4 Å². The van der Waals surface area contributed by atoms with Gasteiger partial charge in [-0.15, -0.1) is 0 Å². The molecular weight excluding hydrogens is 390 g/mol. The minimum Gasteiger partial charge on any atom is -0.496 e. The molecule has 0 aliphatic rings. The van der Waals surface area contributed by atoms with Gasteiger partial charge in [-0.05, 0) is 42.8 Å². The van der Waals surface area contributed by atoms with Gasteiger partial charge in [0.2, 0.25) is 10.0 Å². The van der Waals surface area contributed by atoms with E-state index in [-0.39, 0.29) is 11.5 Å². The molecule has 2 aromatic carbocycles. The molecule has 0 heterocycles. The van der Waals surface area contributed by atoms with Crippen LogP contribution in [0, 0.1) is 6.92 Å². The number of sulfonamides is 1. The van der Waals surface area contributed by atoms with Crippen molar-refractivity contribution in [3.05, 3.63) is 65.2 Å². The maximum atomic E-state index is 12.5. The highest BCUT2D eigenvalue weighted by atomic mass is 32.2. The van der Waals surface area contributed by atoms with Crippen LogP contribution < -0.4 is 4.74 Å². The number of methoxy groups -OCH3 is 1. The van der Waals surface area contributed by atoms with Gasteiger partial charge < -0.3 is 9.47 Å². The fraction of sp³-hybridized carbons (Fsp3) is 0.318.